The third kappa shape index (κ3) is 5.33. The summed E-state index contributed by atoms with van der Waals surface area (Å²) in [6.07, 6.45) is 2.29. The Morgan fingerprint density at radius 2 is 1.88 bits per heavy atom. The van der Waals surface area contributed by atoms with Gasteiger partial charge < -0.3 is 15.0 Å². The molecule has 138 valence electrons. The number of nitrogens with zero attached hydrogens (tertiary/aromatic N) is 1. The summed E-state index contributed by atoms with van der Waals surface area (Å²) >= 11 is 1.71. The maximum atomic E-state index is 12.3. The van der Waals surface area contributed by atoms with Crippen LogP contribution in [-0.2, 0) is 16.0 Å². The Hall–Kier alpha value is -2.34. The van der Waals surface area contributed by atoms with Crippen LogP contribution in [-0.4, -0.2) is 43.0 Å². The average Bonchev–Trinajstić information content (AvgIpc) is 3.20. The largest absolute Gasteiger partial charge is 0.484 e. The molecule has 1 N–H and O–H groups in total. The lowest BCUT2D eigenvalue weighted by molar-refractivity contribution is -0.137. The zero-order valence-electron chi connectivity index (χ0n) is 14.7. The van der Waals surface area contributed by atoms with Gasteiger partial charge in [0, 0.05) is 30.4 Å². The Kier molecular flexibility index (Phi) is 6.66. The minimum atomic E-state index is -0.0228. The topological polar surface area (TPSA) is 58.6 Å². The summed E-state index contributed by atoms with van der Waals surface area (Å²) in [4.78, 5) is 27.6. The van der Waals surface area contributed by atoms with Gasteiger partial charge in [-0.25, -0.2) is 0 Å². The highest BCUT2D eigenvalue weighted by molar-refractivity contribution is 7.09. The van der Waals surface area contributed by atoms with Crippen LogP contribution in [0, 0.1) is 5.92 Å². The number of ether oxygens (including phenoxy) is 1. The summed E-state index contributed by atoms with van der Waals surface area (Å²) in [6, 6.07) is 13.4. The van der Waals surface area contributed by atoms with E-state index in [-0.39, 0.29) is 24.3 Å². The highest BCUT2D eigenvalue weighted by Crippen LogP contribution is 2.18. The van der Waals surface area contributed by atoms with E-state index in [4.69, 9.17) is 4.74 Å². The van der Waals surface area contributed by atoms with Gasteiger partial charge in [-0.2, -0.15) is 0 Å². The van der Waals surface area contributed by atoms with E-state index < -0.39 is 0 Å². The summed E-state index contributed by atoms with van der Waals surface area (Å²) in [5, 5.41) is 5.07. The monoisotopic (exact) mass is 372 g/mol. The molecular weight excluding hydrogens is 348 g/mol. The molecule has 1 aromatic carbocycles. The van der Waals surface area contributed by atoms with E-state index in [1.54, 1.807) is 16.2 Å². The van der Waals surface area contributed by atoms with Crippen molar-refractivity contribution in [1.29, 1.82) is 0 Å². The van der Waals surface area contributed by atoms with Gasteiger partial charge in [0.2, 0.25) is 5.91 Å². The van der Waals surface area contributed by atoms with Crippen LogP contribution in [0.4, 0.5) is 0 Å². The third-order valence-electron chi connectivity index (χ3n) is 4.57. The first-order valence-electron chi connectivity index (χ1n) is 8.98. The predicted molar refractivity (Wildman–Crippen MR) is 102 cm³/mol. The maximum absolute atomic E-state index is 12.3. The smallest absolute Gasteiger partial charge is 0.260 e. The van der Waals surface area contributed by atoms with Crippen LogP contribution in [0.1, 0.15) is 17.7 Å². The Balaban J connectivity index is 1.35. The number of nitrogens with one attached hydrogen (secondary N) is 1. The molecule has 26 heavy (non-hydrogen) atoms. The fraction of sp³-hybridized carbons (Fsp3) is 0.400. The van der Waals surface area contributed by atoms with Gasteiger partial charge in [0.05, 0.1) is 0 Å². The molecule has 0 radical (unpaired) electrons. The van der Waals surface area contributed by atoms with Crippen LogP contribution >= 0.6 is 11.3 Å². The average molecular weight is 372 g/mol. The summed E-state index contributed by atoms with van der Waals surface area (Å²) in [5.74, 6) is 0.776. The minimum Gasteiger partial charge on any atom is -0.484 e. The summed E-state index contributed by atoms with van der Waals surface area (Å²) in [5.41, 5.74) is 0. The van der Waals surface area contributed by atoms with Gasteiger partial charge in [-0.3, -0.25) is 9.59 Å². The van der Waals surface area contributed by atoms with Crippen LogP contribution in [0.25, 0.3) is 0 Å². The first-order chi connectivity index (χ1) is 12.7. The van der Waals surface area contributed by atoms with E-state index in [0.717, 1.165) is 6.42 Å². The number of amides is 2. The van der Waals surface area contributed by atoms with Crippen molar-refractivity contribution in [3.63, 3.8) is 0 Å². The minimum absolute atomic E-state index is 0.00238. The van der Waals surface area contributed by atoms with E-state index in [1.165, 1.54) is 4.88 Å². The number of hydrogen-bond donors (Lipinski definition) is 1. The predicted octanol–water partition coefficient (Wildman–Crippen LogP) is 2.72. The molecule has 2 aromatic rings. The molecule has 2 amide bonds. The molecule has 1 aromatic heterocycles. The normalized spacial score (nSPS) is 14.8. The summed E-state index contributed by atoms with van der Waals surface area (Å²) in [7, 11) is 0. The lowest BCUT2D eigenvalue weighted by atomic mass is 9.96. The van der Waals surface area contributed by atoms with Crippen molar-refractivity contribution < 1.29 is 14.3 Å². The van der Waals surface area contributed by atoms with E-state index >= 15 is 0 Å². The van der Waals surface area contributed by atoms with Gasteiger partial charge in [-0.15, -0.1) is 11.3 Å². The Bertz CT molecular complexity index is 695. The second-order valence-corrected chi connectivity index (χ2v) is 7.41. The molecule has 5 nitrogen and oxygen atoms in total. The number of carbonyl (C=O) groups is 2. The van der Waals surface area contributed by atoms with Crippen LogP contribution in [0.15, 0.2) is 47.8 Å². The van der Waals surface area contributed by atoms with Crippen molar-refractivity contribution in [3.05, 3.63) is 52.7 Å². The summed E-state index contributed by atoms with van der Waals surface area (Å²) < 4.78 is 5.51. The molecule has 2 heterocycles. The lowest BCUT2D eigenvalue weighted by Crippen LogP contribution is -2.44. The van der Waals surface area contributed by atoms with E-state index in [2.05, 4.69) is 11.4 Å². The van der Waals surface area contributed by atoms with E-state index in [1.807, 2.05) is 41.8 Å². The molecule has 1 saturated heterocycles. The van der Waals surface area contributed by atoms with Gasteiger partial charge >= 0.3 is 0 Å². The standard InChI is InChI=1S/C20H24N2O3S/c23-19(15-25-17-5-2-1-3-6-17)22-12-9-16(10-13-22)20(24)21-11-8-18-7-4-14-26-18/h1-7,14,16H,8-13,15H2,(H,21,24). The number of rotatable bonds is 7. The van der Waals surface area contributed by atoms with Crippen molar-refractivity contribution in [1.82, 2.24) is 10.2 Å². The second kappa shape index (κ2) is 9.38. The zero-order chi connectivity index (χ0) is 18.2. The zero-order valence-corrected chi connectivity index (χ0v) is 15.5. The Labute approximate surface area is 158 Å². The Morgan fingerprint density at radius 3 is 2.58 bits per heavy atom. The quantitative estimate of drug-likeness (QED) is 0.813. The highest BCUT2D eigenvalue weighted by atomic mass is 32.1. The van der Waals surface area contributed by atoms with Crippen molar-refractivity contribution in [3.8, 4) is 5.75 Å². The molecule has 0 atom stereocenters. The first-order valence-corrected chi connectivity index (χ1v) is 9.86. The number of piperidine rings is 1. The molecule has 1 fully saturated rings. The van der Waals surface area contributed by atoms with E-state index in [0.29, 0.717) is 38.2 Å². The Morgan fingerprint density at radius 1 is 1.12 bits per heavy atom. The molecule has 0 spiro atoms. The van der Waals surface area contributed by atoms with Crippen LogP contribution in [0.3, 0.4) is 0 Å². The molecule has 1 aliphatic heterocycles. The highest BCUT2D eigenvalue weighted by Gasteiger charge is 2.27. The van der Waals surface area contributed by atoms with Crippen molar-refractivity contribution in [2.75, 3.05) is 26.2 Å². The molecule has 0 aliphatic carbocycles. The number of hydrogen-bond acceptors (Lipinski definition) is 4. The second-order valence-electron chi connectivity index (χ2n) is 6.38. The van der Waals surface area contributed by atoms with Crippen LogP contribution < -0.4 is 10.1 Å². The molecule has 0 saturated carbocycles. The molecule has 1 aliphatic rings. The van der Waals surface area contributed by atoms with Crippen molar-refractivity contribution in [2.24, 2.45) is 5.92 Å². The molecule has 3 rings (SSSR count). The first kappa shape index (κ1) is 18.5. The summed E-state index contributed by atoms with van der Waals surface area (Å²) in [6.45, 7) is 1.94. The third-order valence-corrected chi connectivity index (χ3v) is 5.51. The SMILES string of the molecule is O=C(NCCc1cccs1)C1CCN(C(=O)COc2ccccc2)CC1. The fourth-order valence-electron chi connectivity index (χ4n) is 3.05. The molecule has 0 unspecified atom stereocenters. The number of benzene rings is 1. The number of para-hydroxylation sites is 1. The van der Waals surface area contributed by atoms with Crippen LogP contribution in [0.2, 0.25) is 0 Å². The molecule has 6 heteroatoms. The van der Waals surface area contributed by atoms with Gasteiger partial charge in [-0.05, 0) is 42.8 Å². The lowest BCUT2D eigenvalue weighted by Gasteiger charge is -2.31. The fourth-order valence-corrected chi connectivity index (χ4v) is 3.76. The number of carbonyl (C=O) groups excluding carboxylic acids is 2. The molecule has 0 bridgehead atoms. The molecular formula is C20H24N2O3S. The van der Waals surface area contributed by atoms with Crippen molar-refractivity contribution in [2.45, 2.75) is 19.3 Å². The van der Waals surface area contributed by atoms with Gasteiger partial charge in [-0.1, -0.05) is 24.3 Å². The van der Waals surface area contributed by atoms with Gasteiger partial charge in [0.25, 0.3) is 5.91 Å². The van der Waals surface area contributed by atoms with E-state index in [9.17, 15) is 9.59 Å². The number of likely N-dealkylation sites (tertiary alicyclic amines) is 1. The van der Waals surface area contributed by atoms with Crippen molar-refractivity contribution >= 4 is 23.2 Å². The van der Waals surface area contributed by atoms with Gasteiger partial charge in [0.15, 0.2) is 6.61 Å². The maximum Gasteiger partial charge on any atom is 0.260 e. The number of thiophene rings is 1. The van der Waals surface area contributed by atoms with Crippen LogP contribution in [0.5, 0.6) is 5.75 Å². The van der Waals surface area contributed by atoms with Gasteiger partial charge in [0.1, 0.15) is 5.75 Å².